The van der Waals surface area contributed by atoms with Crippen LogP contribution in [-0.4, -0.2) is 30.7 Å². The number of carbonyl (C=O) groups excluding carboxylic acids is 1. The topological polar surface area (TPSA) is 35.5 Å². The fourth-order valence-electron chi connectivity index (χ4n) is 2.93. The predicted molar refractivity (Wildman–Crippen MR) is 54.6 cm³/mol. The highest BCUT2D eigenvalue weighted by molar-refractivity contribution is 5.97. The number of hydrogen-bond donors (Lipinski definition) is 0. The second kappa shape index (κ2) is 3.42. The molecule has 1 spiro atoms. The highest BCUT2D eigenvalue weighted by Crippen LogP contribution is 2.40. The van der Waals surface area contributed by atoms with Crippen LogP contribution in [0.15, 0.2) is 11.6 Å². The number of ketones is 1. The Kier molecular flexibility index (Phi) is 2.18. The first-order valence-electron chi connectivity index (χ1n) is 5.81. The van der Waals surface area contributed by atoms with Gasteiger partial charge in [-0.15, -0.1) is 0 Å². The van der Waals surface area contributed by atoms with Crippen LogP contribution in [0.3, 0.4) is 0 Å². The number of Topliss-reactive ketones (excluding diaryl/α,β-unsaturated/α-hetero) is 1. The van der Waals surface area contributed by atoms with Crippen molar-refractivity contribution in [1.82, 2.24) is 0 Å². The molecule has 3 aliphatic rings. The summed E-state index contributed by atoms with van der Waals surface area (Å²) >= 11 is 0. The molecule has 3 heteroatoms. The van der Waals surface area contributed by atoms with Crippen LogP contribution in [0.1, 0.15) is 32.1 Å². The van der Waals surface area contributed by atoms with E-state index in [1.54, 1.807) is 0 Å². The van der Waals surface area contributed by atoms with Gasteiger partial charge in [-0.1, -0.05) is 0 Å². The summed E-state index contributed by atoms with van der Waals surface area (Å²) in [6.07, 6.45) is 6.73. The lowest BCUT2D eigenvalue weighted by Crippen LogP contribution is -2.52. The summed E-state index contributed by atoms with van der Waals surface area (Å²) in [6, 6.07) is 0. The van der Waals surface area contributed by atoms with Gasteiger partial charge in [0.05, 0.1) is 19.3 Å². The molecule has 3 rings (SSSR count). The van der Waals surface area contributed by atoms with Crippen LogP contribution in [0.4, 0.5) is 0 Å². The molecule has 0 amide bonds. The summed E-state index contributed by atoms with van der Waals surface area (Å²) in [5, 5.41) is 0. The number of ether oxygens (including phenoxy) is 2. The summed E-state index contributed by atoms with van der Waals surface area (Å²) in [7, 11) is 0. The second-order valence-electron chi connectivity index (χ2n) is 4.67. The third kappa shape index (κ3) is 1.45. The van der Waals surface area contributed by atoms with E-state index < -0.39 is 0 Å². The minimum Gasteiger partial charge on any atom is -0.372 e. The van der Waals surface area contributed by atoms with Crippen LogP contribution < -0.4 is 0 Å². The minimum absolute atomic E-state index is 0.0272. The molecule has 2 atom stereocenters. The Morgan fingerprint density at radius 1 is 1.33 bits per heavy atom. The van der Waals surface area contributed by atoms with Gasteiger partial charge >= 0.3 is 0 Å². The Morgan fingerprint density at radius 3 is 3.20 bits per heavy atom. The average Bonchev–Trinajstić information content (AvgIpc) is 2.42. The molecule has 0 aromatic rings. The molecule has 3 nitrogen and oxygen atoms in total. The van der Waals surface area contributed by atoms with Gasteiger partial charge in [0, 0.05) is 6.42 Å². The molecule has 2 aliphatic carbocycles. The Hall–Kier alpha value is -0.670. The van der Waals surface area contributed by atoms with Gasteiger partial charge in [-0.2, -0.15) is 0 Å². The molecule has 0 saturated carbocycles. The minimum atomic E-state index is -0.266. The van der Waals surface area contributed by atoms with Gasteiger partial charge in [0.15, 0.2) is 5.78 Å². The molecule has 2 bridgehead atoms. The van der Waals surface area contributed by atoms with E-state index in [0.29, 0.717) is 19.6 Å². The van der Waals surface area contributed by atoms with Crippen molar-refractivity contribution >= 4 is 5.78 Å². The van der Waals surface area contributed by atoms with Gasteiger partial charge < -0.3 is 9.47 Å². The van der Waals surface area contributed by atoms with Gasteiger partial charge in [-0.25, -0.2) is 0 Å². The molecule has 1 aliphatic heterocycles. The first-order valence-corrected chi connectivity index (χ1v) is 5.81. The molecule has 0 unspecified atom stereocenters. The van der Waals surface area contributed by atoms with E-state index in [4.69, 9.17) is 9.47 Å². The van der Waals surface area contributed by atoms with Gasteiger partial charge in [-0.05, 0) is 37.3 Å². The lowest BCUT2D eigenvalue weighted by molar-refractivity contribution is -0.188. The molecule has 0 N–H and O–H groups in total. The third-order valence-electron chi connectivity index (χ3n) is 3.73. The molecule has 15 heavy (non-hydrogen) atoms. The maximum absolute atomic E-state index is 11.8. The Labute approximate surface area is 89.4 Å². The lowest BCUT2D eigenvalue weighted by atomic mass is 9.81. The van der Waals surface area contributed by atoms with E-state index in [0.717, 1.165) is 31.3 Å². The van der Waals surface area contributed by atoms with Crippen molar-refractivity contribution in [2.45, 2.75) is 43.8 Å². The molecule has 1 fully saturated rings. The van der Waals surface area contributed by atoms with Gasteiger partial charge in [-0.3, -0.25) is 4.79 Å². The Morgan fingerprint density at radius 2 is 2.27 bits per heavy atom. The number of allylic oxidation sites excluding steroid dienone is 1. The van der Waals surface area contributed by atoms with Crippen molar-refractivity contribution < 1.29 is 14.3 Å². The third-order valence-corrected chi connectivity index (χ3v) is 3.73. The van der Waals surface area contributed by atoms with Crippen molar-refractivity contribution in [3.05, 3.63) is 11.6 Å². The highest BCUT2D eigenvalue weighted by Gasteiger charge is 2.46. The first-order chi connectivity index (χ1) is 7.30. The second-order valence-corrected chi connectivity index (χ2v) is 4.67. The van der Waals surface area contributed by atoms with Crippen molar-refractivity contribution in [3.63, 3.8) is 0 Å². The van der Waals surface area contributed by atoms with Crippen LogP contribution in [0.25, 0.3) is 0 Å². The summed E-state index contributed by atoms with van der Waals surface area (Å²) in [5.74, 6) is 0.267. The van der Waals surface area contributed by atoms with Gasteiger partial charge in [0.1, 0.15) is 5.60 Å². The molecule has 1 saturated heterocycles. The normalized spacial score (nSPS) is 40.4. The average molecular weight is 208 g/mol. The summed E-state index contributed by atoms with van der Waals surface area (Å²) in [5.41, 5.74) is 0.715. The van der Waals surface area contributed by atoms with Crippen LogP contribution in [0.5, 0.6) is 0 Å². The first kappa shape index (κ1) is 9.55. The maximum Gasteiger partial charge on any atom is 0.161 e. The van der Waals surface area contributed by atoms with E-state index in [9.17, 15) is 4.79 Å². The summed E-state index contributed by atoms with van der Waals surface area (Å²) in [4.78, 5) is 11.8. The fraction of sp³-hybridized carbons (Fsp3) is 0.750. The van der Waals surface area contributed by atoms with Gasteiger partial charge in [0.25, 0.3) is 0 Å². The van der Waals surface area contributed by atoms with Crippen molar-refractivity contribution in [2.75, 3.05) is 13.2 Å². The Balaban J connectivity index is 2.01. The van der Waals surface area contributed by atoms with Crippen molar-refractivity contribution in [1.29, 1.82) is 0 Å². The monoisotopic (exact) mass is 208 g/mol. The zero-order chi connectivity index (χ0) is 10.3. The molecule has 0 aromatic heterocycles. The van der Waals surface area contributed by atoms with E-state index in [1.165, 1.54) is 0 Å². The lowest BCUT2D eigenvalue weighted by Gasteiger charge is -2.43. The van der Waals surface area contributed by atoms with Crippen LogP contribution >= 0.6 is 0 Å². The molecule has 82 valence electrons. The number of rotatable bonds is 0. The highest BCUT2D eigenvalue weighted by atomic mass is 16.6. The van der Waals surface area contributed by atoms with Crippen molar-refractivity contribution in [2.24, 2.45) is 0 Å². The van der Waals surface area contributed by atoms with E-state index in [1.807, 2.05) is 0 Å². The Bertz CT molecular complexity index is 321. The molecular formula is C12H16O3. The van der Waals surface area contributed by atoms with Crippen molar-refractivity contribution in [3.8, 4) is 0 Å². The van der Waals surface area contributed by atoms with E-state index in [2.05, 4.69) is 6.08 Å². The summed E-state index contributed by atoms with van der Waals surface area (Å²) < 4.78 is 11.6. The summed E-state index contributed by atoms with van der Waals surface area (Å²) in [6.45, 7) is 1.29. The van der Waals surface area contributed by atoms with E-state index >= 15 is 0 Å². The zero-order valence-electron chi connectivity index (χ0n) is 8.83. The molecule has 1 heterocycles. The van der Waals surface area contributed by atoms with E-state index in [-0.39, 0.29) is 17.5 Å². The molecular weight excluding hydrogens is 192 g/mol. The fourth-order valence-corrected chi connectivity index (χ4v) is 2.93. The van der Waals surface area contributed by atoms with Crippen LogP contribution in [-0.2, 0) is 14.3 Å². The molecule has 0 aromatic carbocycles. The standard InChI is InChI=1S/C12H16O3/c13-10-7-11-12(15-6-5-14-11)4-2-1-3-9(10)8-12/h8,11H,1-7H2/t11-,12+/m0/s1. The zero-order valence-corrected chi connectivity index (χ0v) is 8.83. The SMILES string of the molecule is O=C1C[C@@H]2OCCO[C@]23C=C1CCCC3. The van der Waals surface area contributed by atoms with Crippen LogP contribution in [0.2, 0.25) is 0 Å². The predicted octanol–water partition coefficient (Wildman–Crippen LogP) is 1.61. The quantitative estimate of drug-likeness (QED) is 0.606. The molecule has 0 radical (unpaired) electrons. The number of hydrogen-bond acceptors (Lipinski definition) is 3. The van der Waals surface area contributed by atoms with Gasteiger partial charge in [0.2, 0.25) is 0 Å². The maximum atomic E-state index is 11.8. The number of carbonyl (C=O) groups is 1. The largest absolute Gasteiger partial charge is 0.372 e. The van der Waals surface area contributed by atoms with Crippen LogP contribution in [0, 0.1) is 0 Å². The smallest absolute Gasteiger partial charge is 0.161 e.